The van der Waals surface area contributed by atoms with Gasteiger partial charge in [-0.15, -0.1) is 0 Å². The number of carbonyl (C=O) groups excluding carboxylic acids is 4. The molecule has 448 valence electrons. The van der Waals surface area contributed by atoms with Crippen molar-refractivity contribution in [3.8, 4) is 0 Å². The smallest absolute Gasteiger partial charge is 0.233 e. The third-order valence-electron chi connectivity index (χ3n) is 10.2. The molecule has 0 amide bonds. The highest BCUT2D eigenvalue weighted by atomic mass is 32.2. The van der Waals surface area contributed by atoms with Crippen LogP contribution in [0.5, 0.6) is 0 Å². The summed E-state index contributed by atoms with van der Waals surface area (Å²) in [6.45, 7) is 0. The first-order valence-electron chi connectivity index (χ1n) is 21.6. The van der Waals surface area contributed by atoms with Crippen LogP contribution < -0.4 is 52.3 Å². The lowest BCUT2D eigenvalue weighted by Gasteiger charge is -2.21. The molecule has 6 aromatic rings. The molecule has 6 rings (SSSR count). The summed E-state index contributed by atoms with van der Waals surface area (Å²) in [5, 5.41) is 59.0. The van der Waals surface area contributed by atoms with E-state index in [-0.39, 0.29) is 0 Å². The summed E-state index contributed by atoms with van der Waals surface area (Å²) in [4.78, 5) is 61.8. The number of anilines is 10. The van der Waals surface area contributed by atoms with Gasteiger partial charge in [-0.3, -0.25) is 0 Å². The average Bonchev–Trinajstić information content (AvgIpc) is 3.43. The van der Waals surface area contributed by atoms with Gasteiger partial charge in [-0.2, -0.15) is 29.9 Å². The number of hydrogen-bond acceptors (Lipinski definition) is 38. The number of carbonyl (C=O) groups is 4. The zero-order chi connectivity index (χ0) is 62.7. The minimum absolute atomic E-state index is 0.358. The number of nitrogens with one attached hydrogen (secondary N) is 6. The number of rotatable bonds is 26. The molecule has 0 saturated heterocycles. The van der Waals surface area contributed by atoms with E-state index in [1.165, 1.54) is 0 Å². The normalized spacial score (nSPS) is 13.1. The van der Waals surface area contributed by atoms with E-state index >= 15 is 0 Å². The lowest BCUT2D eigenvalue weighted by atomic mass is 10.1. The van der Waals surface area contributed by atoms with Gasteiger partial charge < -0.3 is 98.8 Å². The largest absolute Gasteiger partial charge is 0.744 e. The fourth-order valence-corrected chi connectivity index (χ4v) is 10.3. The van der Waals surface area contributed by atoms with E-state index in [9.17, 15) is 117 Å². The van der Waals surface area contributed by atoms with Crippen LogP contribution in [0.1, 0.15) is 24.0 Å². The maximum absolute atomic E-state index is 12.7. The molecule has 2 unspecified atom stereocenters. The average molecular weight is 1280 g/mol. The Morgan fingerprint density at radius 1 is 0.381 bits per heavy atom. The predicted molar refractivity (Wildman–Crippen MR) is 259 cm³/mol. The Bertz CT molecular complexity index is 4160. The molecule has 6 N–H and O–H groups in total. The molecule has 38 nitrogen and oxygen atoms in total. The number of aliphatic carboxylic acids is 4. The number of benzene rings is 4. The Balaban J connectivity index is 1.39. The molecule has 44 heteroatoms. The van der Waals surface area contributed by atoms with Gasteiger partial charge in [0.1, 0.15) is 60.7 Å². The number of nitrogens with zero attached hydrogens (tertiary/aromatic N) is 6. The summed E-state index contributed by atoms with van der Waals surface area (Å²) >= 11 is 0. The first-order chi connectivity index (χ1) is 38.6. The van der Waals surface area contributed by atoms with Gasteiger partial charge in [-0.25, -0.2) is 50.5 Å². The van der Waals surface area contributed by atoms with E-state index in [0.29, 0.717) is 48.5 Å². The second-order valence-electron chi connectivity index (χ2n) is 16.2. The third-order valence-corrected chi connectivity index (χ3v) is 15.5. The predicted octanol–water partition coefficient (Wildman–Crippen LogP) is -6.03. The van der Waals surface area contributed by atoms with Gasteiger partial charge in [0, 0.05) is 36.2 Å². The Morgan fingerprint density at radius 3 is 0.952 bits per heavy atom. The number of carboxylic acid groups (broad SMARTS) is 4. The molecule has 2 heterocycles. The van der Waals surface area contributed by atoms with Gasteiger partial charge in [0.15, 0.2) is 0 Å². The lowest BCUT2D eigenvalue weighted by molar-refractivity contribution is -0.316. The summed E-state index contributed by atoms with van der Waals surface area (Å²) in [5.41, 5.74) is -4.02. The van der Waals surface area contributed by atoms with Crippen LogP contribution >= 0.6 is 0 Å². The monoisotopic (exact) mass is 1280 g/mol. The highest BCUT2D eigenvalue weighted by Gasteiger charge is 2.22. The van der Waals surface area contributed by atoms with Gasteiger partial charge in [-0.1, -0.05) is 24.3 Å². The second kappa shape index (κ2) is 24.3. The van der Waals surface area contributed by atoms with Crippen LogP contribution in [0.25, 0.3) is 12.2 Å². The van der Waals surface area contributed by atoms with Crippen molar-refractivity contribution in [2.75, 3.05) is 31.9 Å². The van der Waals surface area contributed by atoms with Gasteiger partial charge >= 0.3 is 0 Å². The minimum atomic E-state index is -5.61. The van der Waals surface area contributed by atoms with Crippen molar-refractivity contribution in [1.82, 2.24) is 29.9 Å². The molecule has 4 aromatic carbocycles. The third kappa shape index (κ3) is 17.2. The number of aromatic nitrogens is 6. The van der Waals surface area contributed by atoms with Crippen LogP contribution in [-0.2, 0) is 79.9 Å². The van der Waals surface area contributed by atoms with Crippen molar-refractivity contribution in [1.29, 1.82) is 0 Å². The van der Waals surface area contributed by atoms with Crippen molar-refractivity contribution in [2.45, 2.75) is 54.3 Å². The van der Waals surface area contributed by atoms with Crippen LogP contribution in [0, 0.1) is 0 Å². The van der Waals surface area contributed by atoms with Crippen LogP contribution in [0.2, 0.25) is 0 Å². The highest BCUT2D eigenvalue weighted by molar-refractivity contribution is 7.87. The van der Waals surface area contributed by atoms with Crippen LogP contribution in [-0.4, -0.2) is 144 Å². The molecule has 84 heavy (non-hydrogen) atoms. The van der Waals surface area contributed by atoms with Crippen molar-refractivity contribution in [2.24, 2.45) is 0 Å². The summed E-state index contributed by atoms with van der Waals surface area (Å²) in [6, 6.07) is 2.89. The van der Waals surface area contributed by atoms with Gasteiger partial charge in [0.25, 0.3) is 0 Å². The van der Waals surface area contributed by atoms with Gasteiger partial charge in [-0.05, 0) is 71.8 Å². The quantitative estimate of drug-likeness (QED) is 0.0217. The zero-order valence-electron chi connectivity index (χ0n) is 40.4. The molecule has 0 aliphatic rings. The first-order valence-corrected chi connectivity index (χ1v) is 30.0. The van der Waals surface area contributed by atoms with Crippen molar-refractivity contribution >= 4 is 155 Å². The molecule has 0 aliphatic heterocycles. The lowest BCUT2D eigenvalue weighted by Crippen LogP contribution is -2.44. The van der Waals surface area contributed by atoms with Crippen molar-refractivity contribution < 1.29 is 117 Å². The summed E-state index contributed by atoms with van der Waals surface area (Å²) in [7, 11) is -33.0. The molecule has 0 saturated carbocycles. The van der Waals surface area contributed by atoms with E-state index in [1.807, 2.05) is 10.6 Å². The first kappa shape index (κ1) is 64.0. The Hall–Kier alpha value is -9.22. The van der Waals surface area contributed by atoms with Gasteiger partial charge in [0.05, 0.1) is 64.8 Å². The van der Waals surface area contributed by atoms with Gasteiger partial charge in [0.2, 0.25) is 35.7 Å². The summed E-state index contributed by atoms with van der Waals surface area (Å²) in [6.07, 6.45) is -1.05. The standard InChI is InChI=1S/C40H36N12O26S6/c53-31(54)15-25(33(57)58)45-39-49-35(47-37(51-39)43-23-13-21(79(61,62)63)7-9-27(23)81(67,68)69)41-19-5-3-17(29(11-19)83(73,74)75)1-2-18-4-6-20(12-30(18)84(76,77)78)42-36-48-38(52-40(50-36)46-26(34(59)60)16-32(55)56)44-24-14-22(80(64,65)66)8-10-28(24)82(70,71)72/h1-14,25-26H,15-16H2,(H,53,54)(H,55,56)(H,57,58)(H,59,60)(H,61,62,63)(H,64,65,66)(H,67,68,69)(H,70,71,72)(H,73,74,75)(H,76,77,78)(H3,41,43,45,47,49,51)(H3,42,44,46,48,50,52)/p-10/b2-1+. The molecule has 2 atom stereocenters. The maximum atomic E-state index is 12.7. The number of carboxylic acids is 4. The Kier molecular flexibility index (Phi) is 18.5. The fraction of sp³-hybridized carbons (Fsp3) is 0.100. The maximum Gasteiger partial charge on any atom is 0.233 e. The highest BCUT2D eigenvalue weighted by Crippen LogP contribution is 2.32. The molecule has 0 fully saturated rings. The fourth-order valence-electron chi connectivity index (χ4n) is 6.71. The zero-order valence-corrected chi connectivity index (χ0v) is 45.3. The topological polar surface area (TPSA) is 653 Å². The minimum Gasteiger partial charge on any atom is -0.744 e. The van der Waals surface area contributed by atoms with E-state index in [2.05, 4.69) is 51.2 Å². The van der Waals surface area contributed by atoms with Crippen molar-refractivity contribution in [3.63, 3.8) is 0 Å². The van der Waals surface area contributed by atoms with E-state index in [0.717, 1.165) is 36.4 Å². The summed E-state index contributed by atoms with van der Waals surface area (Å²) < 4.78 is 219. The molecular formula is C40H26N12O26S6-10. The van der Waals surface area contributed by atoms with Crippen molar-refractivity contribution in [3.05, 3.63) is 83.9 Å². The molecule has 0 aliphatic carbocycles. The number of hydrogen-bond donors (Lipinski definition) is 6. The van der Waals surface area contributed by atoms with Crippen LogP contribution in [0.15, 0.2) is 102 Å². The second-order valence-corrected chi connectivity index (χ2v) is 24.3. The van der Waals surface area contributed by atoms with E-state index < -0.39 is 208 Å². The summed E-state index contributed by atoms with van der Waals surface area (Å²) in [5.74, 6) is -13.5. The molecule has 0 spiro atoms. The Labute approximate surface area is 470 Å². The van der Waals surface area contributed by atoms with E-state index in [1.54, 1.807) is 0 Å². The molecule has 0 bridgehead atoms. The molecule has 0 radical (unpaired) electrons. The SMILES string of the molecule is O=C([O-])CC(Nc1nc(Nc2ccc(/C=C/c3ccc(Nc4nc(Nc5cc(S(=O)(=O)[O-])ccc5S(=O)(=O)[O-])nc(NC(CC(=O)[O-])C(=O)[O-])n4)cc3S(=O)(=O)[O-])c(S(=O)(=O)[O-])c2)nc(Nc2cc(S(=O)(=O)[O-])ccc2S(=O)(=O)[O-])n1)C(=O)[O-]. The molecular weight excluding hydrogens is 1260 g/mol. The molecule has 2 aromatic heterocycles. The van der Waals surface area contributed by atoms with Crippen LogP contribution in [0.4, 0.5) is 58.4 Å². The van der Waals surface area contributed by atoms with E-state index in [4.69, 9.17) is 0 Å². The Morgan fingerprint density at radius 2 is 0.679 bits per heavy atom. The van der Waals surface area contributed by atoms with Crippen LogP contribution in [0.3, 0.4) is 0 Å².